The summed E-state index contributed by atoms with van der Waals surface area (Å²) in [5.74, 6) is 0.783. The van der Waals surface area contributed by atoms with Crippen molar-refractivity contribution in [3.8, 4) is 0 Å². The molecule has 2 heterocycles. The van der Waals surface area contributed by atoms with E-state index in [2.05, 4.69) is 20.3 Å². The molecule has 1 aromatic carbocycles. The van der Waals surface area contributed by atoms with E-state index in [-0.39, 0.29) is 0 Å². The minimum Gasteiger partial charge on any atom is -0.476 e. The molecule has 86 valence electrons. The fourth-order valence-electron chi connectivity index (χ4n) is 1.30. The van der Waals surface area contributed by atoms with Gasteiger partial charge in [-0.1, -0.05) is 18.2 Å². The second-order valence-electron chi connectivity index (χ2n) is 3.20. The van der Waals surface area contributed by atoms with Gasteiger partial charge in [0.15, 0.2) is 0 Å². The second kappa shape index (κ2) is 6.22. The van der Waals surface area contributed by atoms with Crippen LogP contribution >= 0.6 is 0 Å². The molecule has 0 radical (unpaired) electrons. The molecule has 1 saturated heterocycles. The van der Waals surface area contributed by atoms with E-state index < -0.39 is 0 Å². The predicted octanol–water partition coefficient (Wildman–Crippen LogP) is 0.916. The van der Waals surface area contributed by atoms with Crippen LogP contribution in [0.1, 0.15) is 5.56 Å². The average molecular weight is 222 g/mol. The largest absolute Gasteiger partial charge is 0.476 e. The number of benzene rings is 1. The van der Waals surface area contributed by atoms with E-state index in [4.69, 9.17) is 4.74 Å². The number of aliphatic imine (C=N–C) groups is 1. The van der Waals surface area contributed by atoms with E-state index in [1.807, 2.05) is 30.3 Å². The van der Waals surface area contributed by atoms with Crippen molar-refractivity contribution in [1.82, 2.24) is 5.48 Å². The smallest absolute Gasteiger partial charge is 0.216 e. The Kier molecular flexibility index (Phi) is 4.30. The van der Waals surface area contributed by atoms with Gasteiger partial charge in [-0.2, -0.15) is 5.48 Å². The number of ether oxygens (including phenoxy) is 1. The highest BCUT2D eigenvalue weighted by molar-refractivity contribution is 5.94. The topological polar surface area (TPSA) is 52.1 Å². The molecule has 5 nitrogen and oxygen atoms in total. The minimum absolute atomic E-state index is 0.667. The summed E-state index contributed by atoms with van der Waals surface area (Å²) < 4.78 is 5.29. The highest BCUT2D eigenvalue weighted by atomic mass is 17.3. The molecule has 5 heteroatoms. The molecule has 0 spiro atoms. The van der Waals surface area contributed by atoms with Crippen molar-refractivity contribution in [1.29, 1.82) is 0 Å². The zero-order chi connectivity index (χ0) is 11.1. The van der Waals surface area contributed by atoms with E-state index in [0.717, 1.165) is 31.2 Å². The minimum atomic E-state index is 0.667. The van der Waals surface area contributed by atoms with Crippen molar-refractivity contribution in [3.05, 3.63) is 35.9 Å². The van der Waals surface area contributed by atoms with Crippen molar-refractivity contribution in [2.24, 2.45) is 4.99 Å². The van der Waals surface area contributed by atoms with Crippen LogP contribution in [0.2, 0.25) is 0 Å². The second-order valence-corrected chi connectivity index (χ2v) is 3.20. The SMILES string of the molecule is C1COON1.c1ccc(C2=NCCO2)cc1. The Morgan fingerprint density at radius 1 is 1.12 bits per heavy atom. The molecule has 0 atom stereocenters. The summed E-state index contributed by atoms with van der Waals surface area (Å²) in [6.07, 6.45) is 0. The monoisotopic (exact) mass is 222 g/mol. The first kappa shape index (κ1) is 11.1. The molecule has 2 aliphatic heterocycles. The lowest BCUT2D eigenvalue weighted by Crippen LogP contribution is -2.02. The van der Waals surface area contributed by atoms with Gasteiger partial charge in [-0.25, -0.2) is 9.88 Å². The van der Waals surface area contributed by atoms with Gasteiger partial charge >= 0.3 is 0 Å². The molecule has 1 aromatic rings. The van der Waals surface area contributed by atoms with E-state index in [1.165, 1.54) is 0 Å². The molecule has 0 unspecified atom stereocenters. The summed E-state index contributed by atoms with van der Waals surface area (Å²) in [7, 11) is 0. The Balaban J connectivity index is 0.000000162. The van der Waals surface area contributed by atoms with E-state index in [0.29, 0.717) is 6.61 Å². The van der Waals surface area contributed by atoms with Gasteiger partial charge in [0.05, 0.1) is 19.7 Å². The maximum absolute atomic E-state index is 5.29. The van der Waals surface area contributed by atoms with Gasteiger partial charge in [0, 0.05) is 5.56 Å². The molecule has 0 bridgehead atoms. The third-order valence-electron chi connectivity index (χ3n) is 2.01. The van der Waals surface area contributed by atoms with Crippen LogP contribution in [0.25, 0.3) is 0 Å². The Hall–Kier alpha value is -1.43. The van der Waals surface area contributed by atoms with Crippen LogP contribution < -0.4 is 5.48 Å². The van der Waals surface area contributed by atoms with Crippen LogP contribution in [0.15, 0.2) is 35.3 Å². The highest BCUT2D eigenvalue weighted by Crippen LogP contribution is 2.06. The summed E-state index contributed by atoms with van der Waals surface area (Å²) in [4.78, 5) is 12.7. The zero-order valence-corrected chi connectivity index (χ0v) is 8.89. The molecule has 0 amide bonds. The van der Waals surface area contributed by atoms with Crippen LogP contribution in [-0.4, -0.2) is 32.2 Å². The van der Waals surface area contributed by atoms with Crippen LogP contribution in [0.3, 0.4) is 0 Å². The molecule has 0 saturated carbocycles. The third-order valence-corrected chi connectivity index (χ3v) is 2.01. The van der Waals surface area contributed by atoms with E-state index in [1.54, 1.807) is 0 Å². The normalized spacial score (nSPS) is 18.4. The van der Waals surface area contributed by atoms with Gasteiger partial charge in [-0.3, -0.25) is 0 Å². The maximum Gasteiger partial charge on any atom is 0.216 e. The molecular weight excluding hydrogens is 208 g/mol. The van der Waals surface area contributed by atoms with E-state index in [9.17, 15) is 0 Å². The number of nitrogens with zero attached hydrogens (tertiary/aromatic N) is 1. The Labute approximate surface area is 93.9 Å². The standard InChI is InChI=1S/C9H9NO.C2H5NO2/c1-2-4-8(5-3-1)9-10-6-7-11-9;1-2-4-5-3-1/h1-5H,6-7H2;3H,1-2H2. The predicted molar refractivity (Wildman–Crippen MR) is 58.8 cm³/mol. The van der Waals surface area contributed by atoms with Gasteiger partial charge in [0.25, 0.3) is 0 Å². The van der Waals surface area contributed by atoms with Crippen LogP contribution in [0.5, 0.6) is 0 Å². The van der Waals surface area contributed by atoms with Crippen molar-refractivity contribution in [2.45, 2.75) is 0 Å². The fraction of sp³-hybridized carbons (Fsp3) is 0.364. The molecule has 0 aromatic heterocycles. The number of nitrogens with one attached hydrogen (secondary N) is 1. The lowest BCUT2D eigenvalue weighted by atomic mass is 10.2. The lowest BCUT2D eigenvalue weighted by Gasteiger charge is -1.98. The molecule has 0 aliphatic carbocycles. The molecule has 2 aliphatic rings. The maximum atomic E-state index is 5.29. The van der Waals surface area contributed by atoms with Crippen LogP contribution in [-0.2, 0) is 14.6 Å². The van der Waals surface area contributed by atoms with Crippen molar-refractivity contribution >= 4 is 5.90 Å². The number of hydrogen-bond acceptors (Lipinski definition) is 5. The van der Waals surface area contributed by atoms with Crippen molar-refractivity contribution in [2.75, 3.05) is 26.3 Å². The first-order valence-electron chi connectivity index (χ1n) is 5.21. The number of hydroxylamine groups is 1. The Morgan fingerprint density at radius 2 is 2.00 bits per heavy atom. The first-order chi connectivity index (χ1) is 7.97. The summed E-state index contributed by atoms with van der Waals surface area (Å²) in [5, 5.41) is 0. The van der Waals surface area contributed by atoms with Gasteiger partial charge in [0.1, 0.15) is 6.61 Å². The zero-order valence-electron chi connectivity index (χ0n) is 8.89. The summed E-state index contributed by atoms with van der Waals surface area (Å²) >= 11 is 0. The molecule has 3 rings (SSSR count). The van der Waals surface area contributed by atoms with Crippen molar-refractivity contribution < 1.29 is 14.6 Å². The van der Waals surface area contributed by atoms with Gasteiger partial charge in [-0.05, 0) is 12.1 Å². The summed E-state index contributed by atoms with van der Waals surface area (Å²) in [6, 6.07) is 9.96. The average Bonchev–Trinajstić information content (AvgIpc) is 3.07. The summed E-state index contributed by atoms with van der Waals surface area (Å²) in [6.45, 7) is 2.99. The van der Waals surface area contributed by atoms with Crippen molar-refractivity contribution in [3.63, 3.8) is 0 Å². The third kappa shape index (κ3) is 3.30. The molecule has 16 heavy (non-hydrogen) atoms. The van der Waals surface area contributed by atoms with Gasteiger partial charge in [0.2, 0.25) is 5.90 Å². The van der Waals surface area contributed by atoms with Gasteiger partial charge < -0.3 is 4.74 Å². The lowest BCUT2D eigenvalue weighted by molar-refractivity contribution is -0.285. The number of hydrogen-bond donors (Lipinski definition) is 1. The van der Waals surface area contributed by atoms with Gasteiger partial charge in [-0.15, -0.1) is 4.99 Å². The fourth-order valence-corrected chi connectivity index (χ4v) is 1.30. The molecule has 1 N–H and O–H groups in total. The Bertz CT molecular complexity index is 329. The van der Waals surface area contributed by atoms with Crippen LogP contribution in [0, 0.1) is 0 Å². The molecule has 1 fully saturated rings. The Morgan fingerprint density at radius 3 is 2.50 bits per heavy atom. The first-order valence-corrected chi connectivity index (χ1v) is 5.21. The summed E-state index contributed by atoms with van der Waals surface area (Å²) in [5.41, 5.74) is 3.57. The quantitative estimate of drug-likeness (QED) is 0.718. The molecular formula is C11H14N2O3. The number of rotatable bonds is 1. The van der Waals surface area contributed by atoms with Crippen LogP contribution in [0.4, 0.5) is 0 Å². The highest BCUT2D eigenvalue weighted by Gasteiger charge is 2.07. The van der Waals surface area contributed by atoms with E-state index >= 15 is 0 Å².